The van der Waals surface area contributed by atoms with Crippen LogP contribution >= 0.6 is 0 Å². The van der Waals surface area contributed by atoms with Crippen molar-refractivity contribution < 1.29 is 23.2 Å². The molecule has 0 aliphatic carbocycles. The Kier molecular flexibility index (Phi) is 4.01. The topological polar surface area (TPSA) is 86.7 Å². The molecule has 0 bridgehead atoms. The summed E-state index contributed by atoms with van der Waals surface area (Å²) in [5.74, 6) is 1.54. The molecule has 0 aliphatic heterocycles. The number of anilines is 1. The lowest BCUT2D eigenvalue weighted by Gasteiger charge is -2.10. The Morgan fingerprint density at radius 3 is 2.70 bits per heavy atom. The highest BCUT2D eigenvalue weighted by atomic mass is 16.5. The predicted molar refractivity (Wildman–Crippen MR) is 81.7 cm³/mol. The number of nitrogens with zero attached hydrogens (tertiary/aromatic N) is 1. The number of carbonyl (C=O) groups excluding carboxylic acids is 1. The van der Waals surface area contributed by atoms with Crippen molar-refractivity contribution in [2.45, 2.75) is 0 Å². The van der Waals surface area contributed by atoms with Crippen molar-refractivity contribution in [3.63, 3.8) is 0 Å². The summed E-state index contributed by atoms with van der Waals surface area (Å²) >= 11 is 0. The molecule has 0 saturated heterocycles. The van der Waals surface area contributed by atoms with Gasteiger partial charge in [-0.2, -0.15) is 0 Å². The zero-order valence-corrected chi connectivity index (χ0v) is 12.5. The van der Waals surface area contributed by atoms with Crippen LogP contribution in [0.3, 0.4) is 0 Å². The first kappa shape index (κ1) is 14.7. The summed E-state index contributed by atoms with van der Waals surface area (Å²) < 4.78 is 20.7. The molecule has 2 heterocycles. The first-order valence-electron chi connectivity index (χ1n) is 6.75. The minimum absolute atomic E-state index is 0.126. The van der Waals surface area contributed by atoms with Gasteiger partial charge in [0.1, 0.15) is 11.5 Å². The molecule has 0 saturated carbocycles. The summed E-state index contributed by atoms with van der Waals surface area (Å²) in [5, 5.41) is 6.46. The Balaban J connectivity index is 1.82. The van der Waals surface area contributed by atoms with Crippen molar-refractivity contribution in [2.75, 3.05) is 19.5 Å². The maximum atomic E-state index is 12.3. The van der Waals surface area contributed by atoms with Crippen LogP contribution in [-0.4, -0.2) is 25.3 Å². The van der Waals surface area contributed by atoms with Gasteiger partial charge in [-0.05, 0) is 24.3 Å². The molecule has 7 heteroatoms. The van der Waals surface area contributed by atoms with Gasteiger partial charge < -0.3 is 23.7 Å². The van der Waals surface area contributed by atoms with E-state index in [2.05, 4.69) is 10.5 Å². The van der Waals surface area contributed by atoms with E-state index in [1.54, 1.807) is 37.4 Å². The third-order valence-corrected chi connectivity index (χ3v) is 3.16. The molecule has 3 rings (SSSR count). The average Bonchev–Trinajstić information content (AvgIpc) is 3.25. The molecule has 0 atom stereocenters. The predicted octanol–water partition coefficient (Wildman–Crippen LogP) is 3.20. The molecular weight excluding hydrogens is 300 g/mol. The highest BCUT2D eigenvalue weighted by molar-refractivity contribution is 6.04. The van der Waals surface area contributed by atoms with Crippen LogP contribution in [0, 0.1) is 0 Å². The van der Waals surface area contributed by atoms with Crippen LogP contribution in [0.15, 0.2) is 51.6 Å². The Morgan fingerprint density at radius 2 is 2.00 bits per heavy atom. The summed E-state index contributed by atoms with van der Waals surface area (Å²) in [6.07, 6.45) is 1.51. The fraction of sp³-hybridized carbons (Fsp3) is 0.125. The molecule has 23 heavy (non-hydrogen) atoms. The van der Waals surface area contributed by atoms with Crippen molar-refractivity contribution in [3.05, 3.63) is 48.4 Å². The van der Waals surface area contributed by atoms with Gasteiger partial charge in [-0.3, -0.25) is 4.79 Å². The van der Waals surface area contributed by atoms with Crippen molar-refractivity contribution in [1.29, 1.82) is 0 Å². The van der Waals surface area contributed by atoms with E-state index >= 15 is 0 Å². The number of methoxy groups -OCH3 is 2. The molecular formula is C16H14N2O5. The maximum absolute atomic E-state index is 12.3. The zero-order chi connectivity index (χ0) is 16.2. The van der Waals surface area contributed by atoms with E-state index < -0.39 is 5.91 Å². The molecule has 1 aromatic carbocycles. The highest BCUT2D eigenvalue weighted by Crippen LogP contribution is 2.29. The first-order chi connectivity index (χ1) is 11.2. The molecule has 7 nitrogen and oxygen atoms in total. The lowest BCUT2D eigenvalue weighted by molar-refractivity contribution is 0.101. The molecule has 1 amide bonds. The minimum atomic E-state index is -0.432. The Bertz CT molecular complexity index is 808. The van der Waals surface area contributed by atoms with Crippen LogP contribution in [0.1, 0.15) is 10.5 Å². The number of carbonyl (C=O) groups is 1. The molecule has 2 aromatic heterocycles. The number of amides is 1. The van der Waals surface area contributed by atoms with E-state index in [-0.39, 0.29) is 5.69 Å². The van der Waals surface area contributed by atoms with E-state index in [4.69, 9.17) is 18.4 Å². The number of aromatic nitrogens is 1. The standard InChI is InChI=1S/C16H14N2O5/c1-20-10-5-6-13(21-2)11(8-10)17-16(19)12-9-15(23-18-12)14-4-3-7-22-14/h3-9H,1-2H3,(H,17,19). The van der Waals surface area contributed by atoms with E-state index in [1.807, 2.05) is 0 Å². The zero-order valence-electron chi connectivity index (χ0n) is 12.5. The highest BCUT2D eigenvalue weighted by Gasteiger charge is 2.17. The fourth-order valence-electron chi connectivity index (χ4n) is 2.02. The van der Waals surface area contributed by atoms with Crippen LogP contribution in [0.4, 0.5) is 5.69 Å². The molecule has 0 unspecified atom stereocenters. The van der Waals surface area contributed by atoms with Crippen molar-refractivity contribution in [2.24, 2.45) is 0 Å². The third-order valence-electron chi connectivity index (χ3n) is 3.16. The molecule has 0 aliphatic rings. The summed E-state index contributed by atoms with van der Waals surface area (Å²) in [6.45, 7) is 0. The number of rotatable bonds is 5. The van der Waals surface area contributed by atoms with Gasteiger partial charge in [0.05, 0.1) is 26.2 Å². The first-order valence-corrected chi connectivity index (χ1v) is 6.75. The Morgan fingerprint density at radius 1 is 1.13 bits per heavy atom. The average molecular weight is 314 g/mol. The van der Waals surface area contributed by atoms with Crippen LogP contribution in [0.25, 0.3) is 11.5 Å². The monoisotopic (exact) mass is 314 g/mol. The Labute approximate surface area is 131 Å². The second kappa shape index (κ2) is 6.27. The van der Waals surface area contributed by atoms with Crippen LogP contribution < -0.4 is 14.8 Å². The number of nitrogens with one attached hydrogen (secondary N) is 1. The molecule has 0 radical (unpaired) electrons. The third kappa shape index (κ3) is 3.03. The van der Waals surface area contributed by atoms with Crippen LogP contribution in [-0.2, 0) is 0 Å². The van der Waals surface area contributed by atoms with Crippen molar-refractivity contribution >= 4 is 11.6 Å². The molecule has 118 valence electrons. The second-order valence-corrected chi connectivity index (χ2v) is 4.57. The second-order valence-electron chi connectivity index (χ2n) is 4.57. The normalized spacial score (nSPS) is 10.3. The molecule has 0 fully saturated rings. The van der Waals surface area contributed by atoms with Crippen molar-refractivity contribution in [1.82, 2.24) is 5.16 Å². The maximum Gasteiger partial charge on any atom is 0.277 e. The number of hydrogen-bond donors (Lipinski definition) is 1. The SMILES string of the molecule is COc1ccc(OC)c(NC(=O)c2cc(-c3ccco3)on2)c1. The van der Waals surface area contributed by atoms with Gasteiger partial charge >= 0.3 is 0 Å². The van der Waals surface area contributed by atoms with Crippen LogP contribution in [0.2, 0.25) is 0 Å². The molecule has 0 spiro atoms. The van der Waals surface area contributed by atoms with Gasteiger partial charge in [-0.25, -0.2) is 0 Å². The summed E-state index contributed by atoms with van der Waals surface area (Å²) in [7, 11) is 3.06. The summed E-state index contributed by atoms with van der Waals surface area (Å²) in [4.78, 5) is 12.3. The van der Waals surface area contributed by atoms with Gasteiger partial charge in [0.15, 0.2) is 11.5 Å². The van der Waals surface area contributed by atoms with Gasteiger partial charge in [0.25, 0.3) is 5.91 Å². The van der Waals surface area contributed by atoms with Gasteiger partial charge in [-0.1, -0.05) is 5.16 Å². The van der Waals surface area contributed by atoms with Gasteiger partial charge in [0, 0.05) is 12.1 Å². The van der Waals surface area contributed by atoms with Gasteiger partial charge in [-0.15, -0.1) is 0 Å². The van der Waals surface area contributed by atoms with E-state index in [0.29, 0.717) is 28.7 Å². The largest absolute Gasteiger partial charge is 0.497 e. The van der Waals surface area contributed by atoms with Crippen LogP contribution in [0.5, 0.6) is 11.5 Å². The molecule has 3 aromatic rings. The quantitative estimate of drug-likeness (QED) is 0.778. The molecule has 1 N–H and O–H groups in total. The number of ether oxygens (including phenoxy) is 2. The number of hydrogen-bond acceptors (Lipinski definition) is 6. The Hall–Kier alpha value is -3.22. The lowest BCUT2D eigenvalue weighted by Crippen LogP contribution is -2.13. The number of furan rings is 1. The fourth-order valence-corrected chi connectivity index (χ4v) is 2.02. The number of benzene rings is 1. The van der Waals surface area contributed by atoms with E-state index in [9.17, 15) is 4.79 Å². The summed E-state index contributed by atoms with van der Waals surface area (Å²) in [6, 6.07) is 10.0. The van der Waals surface area contributed by atoms with Gasteiger partial charge in [0.2, 0.25) is 5.76 Å². The van der Waals surface area contributed by atoms with E-state index in [0.717, 1.165) is 0 Å². The van der Waals surface area contributed by atoms with E-state index in [1.165, 1.54) is 19.4 Å². The minimum Gasteiger partial charge on any atom is -0.497 e. The summed E-state index contributed by atoms with van der Waals surface area (Å²) in [5.41, 5.74) is 0.598. The lowest BCUT2D eigenvalue weighted by atomic mass is 10.2. The smallest absolute Gasteiger partial charge is 0.277 e. The van der Waals surface area contributed by atoms with Crippen molar-refractivity contribution in [3.8, 4) is 23.0 Å².